The largest absolute Gasteiger partial charge is 0.451 e. The highest BCUT2D eigenvalue weighted by molar-refractivity contribution is 6.35. The Balaban J connectivity index is 2.05. The molecule has 2 rings (SSSR count). The third-order valence-corrected chi connectivity index (χ3v) is 5.07. The van der Waals surface area contributed by atoms with Crippen LogP contribution in [0, 0.1) is 5.92 Å². The molecule has 2 aromatic carbocycles. The molecule has 30 heavy (non-hydrogen) atoms. The smallest absolute Gasteiger partial charge is 0.329 e. The van der Waals surface area contributed by atoms with Crippen molar-refractivity contribution in [2.45, 2.75) is 32.9 Å². The number of halogens is 3. The molecule has 0 heterocycles. The molecule has 2 unspecified atom stereocenters. The van der Waals surface area contributed by atoms with Crippen molar-refractivity contribution in [2.75, 3.05) is 5.32 Å². The van der Waals surface area contributed by atoms with Gasteiger partial charge in [-0.05, 0) is 43.2 Å². The molecule has 0 aromatic heterocycles. The average molecular weight is 472 g/mol. The Kier molecular flexibility index (Phi) is 8.53. The molecule has 2 amide bonds. The lowest BCUT2D eigenvalue weighted by molar-refractivity contribution is -0.156. The maximum atomic E-state index is 12.6. The van der Waals surface area contributed by atoms with Gasteiger partial charge in [-0.25, -0.2) is 4.79 Å². The van der Waals surface area contributed by atoms with Crippen molar-refractivity contribution >= 4 is 58.3 Å². The first-order valence-electron chi connectivity index (χ1n) is 9.12. The van der Waals surface area contributed by atoms with Gasteiger partial charge in [-0.1, -0.05) is 60.8 Å². The Labute approximate surface area is 189 Å². The first-order valence-corrected chi connectivity index (χ1v) is 10.2. The topological polar surface area (TPSA) is 84.5 Å². The predicted molar refractivity (Wildman–Crippen MR) is 118 cm³/mol. The fraction of sp³-hybridized carbons (Fsp3) is 0.286. The molecular formula is C21H21Cl3N2O4. The lowest BCUT2D eigenvalue weighted by Gasteiger charge is -2.23. The molecule has 6 nitrogen and oxygen atoms in total. The number of rotatable bonds is 7. The van der Waals surface area contributed by atoms with Crippen LogP contribution in [0.5, 0.6) is 0 Å². The van der Waals surface area contributed by atoms with Crippen LogP contribution in [0.3, 0.4) is 0 Å². The molecule has 0 fully saturated rings. The van der Waals surface area contributed by atoms with E-state index < -0.39 is 29.9 Å². The molecule has 0 bridgehead atoms. The summed E-state index contributed by atoms with van der Waals surface area (Å²) in [6.07, 6.45) is -1.13. The summed E-state index contributed by atoms with van der Waals surface area (Å²) in [4.78, 5) is 37.5. The Bertz CT molecular complexity index is 950. The Morgan fingerprint density at radius 2 is 1.60 bits per heavy atom. The van der Waals surface area contributed by atoms with Gasteiger partial charge < -0.3 is 15.4 Å². The lowest BCUT2D eigenvalue weighted by atomic mass is 10.0. The van der Waals surface area contributed by atoms with Crippen molar-refractivity contribution in [3.63, 3.8) is 0 Å². The summed E-state index contributed by atoms with van der Waals surface area (Å²) in [6.45, 7) is 4.91. The molecule has 0 radical (unpaired) electrons. The van der Waals surface area contributed by atoms with Crippen molar-refractivity contribution in [2.24, 2.45) is 5.92 Å². The van der Waals surface area contributed by atoms with Crippen LogP contribution in [0.25, 0.3) is 0 Å². The van der Waals surface area contributed by atoms with Gasteiger partial charge in [0.1, 0.15) is 6.04 Å². The van der Waals surface area contributed by atoms with Crippen LogP contribution in [0.15, 0.2) is 42.5 Å². The van der Waals surface area contributed by atoms with Crippen molar-refractivity contribution in [1.82, 2.24) is 5.32 Å². The Hall–Kier alpha value is -2.28. The summed E-state index contributed by atoms with van der Waals surface area (Å²) in [6, 6.07) is 10.1. The van der Waals surface area contributed by atoms with Gasteiger partial charge in [-0.15, -0.1) is 0 Å². The molecule has 2 N–H and O–H groups in total. The molecule has 0 aliphatic heterocycles. The average Bonchev–Trinajstić information content (AvgIpc) is 2.68. The van der Waals surface area contributed by atoms with Gasteiger partial charge in [0.15, 0.2) is 6.10 Å². The van der Waals surface area contributed by atoms with Crippen molar-refractivity contribution < 1.29 is 19.1 Å². The van der Waals surface area contributed by atoms with Gasteiger partial charge in [0.2, 0.25) is 0 Å². The van der Waals surface area contributed by atoms with E-state index in [1.54, 1.807) is 44.2 Å². The fourth-order valence-electron chi connectivity index (χ4n) is 2.49. The Morgan fingerprint density at radius 3 is 2.23 bits per heavy atom. The Morgan fingerprint density at radius 1 is 0.933 bits per heavy atom. The number of ether oxygens (including phenoxy) is 1. The summed E-state index contributed by atoms with van der Waals surface area (Å²) in [5.74, 6) is -2.14. The first-order chi connectivity index (χ1) is 14.1. The van der Waals surface area contributed by atoms with Crippen LogP contribution in [0.4, 0.5) is 5.69 Å². The molecule has 0 saturated carbocycles. The highest BCUT2D eigenvalue weighted by atomic mass is 35.5. The van der Waals surface area contributed by atoms with E-state index in [-0.39, 0.29) is 16.5 Å². The molecular weight excluding hydrogens is 451 g/mol. The highest BCUT2D eigenvalue weighted by Crippen LogP contribution is 2.25. The molecule has 2 aromatic rings. The number of carbonyl (C=O) groups is 3. The number of amides is 2. The van der Waals surface area contributed by atoms with Gasteiger partial charge >= 0.3 is 5.97 Å². The molecule has 9 heteroatoms. The van der Waals surface area contributed by atoms with Gasteiger partial charge in [-0.2, -0.15) is 0 Å². The van der Waals surface area contributed by atoms with Crippen molar-refractivity contribution in [3.8, 4) is 0 Å². The van der Waals surface area contributed by atoms with E-state index >= 15 is 0 Å². The van der Waals surface area contributed by atoms with Crippen molar-refractivity contribution in [3.05, 3.63) is 63.1 Å². The number of hydrogen-bond donors (Lipinski definition) is 2. The number of nitrogens with one attached hydrogen (secondary N) is 2. The van der Waals surface area contributed by atoms with Crippen molar-refractivity contribution in [1.29, 1.82) is 0 Å². The first kappa shape index (κ1) is 24.0. The minimum absolute atomic E-state index is 0.235. The molecule has 0 spiro atoms. The van der Waals surface area contributed by atoms with Crippen LogP contribution in [0.1, 0.15) is 31.1 Å². The van der Waals surface area contributed by atoms with Gasteiger partial charge in [0, 0.05) is 5.02 Å². The molecule has 0 aliphatic rings. The molecule has 0 saturated heterocycles. The van der Waals surface area contributed by atoms with E-state index in [0.29, 0.717) is 15.7 Å². The number of carbonyl (C=O) groups excluding carboxylic acids is 3. The molecule has 0 aliphatic carbocycles. The van der Waals surface area contributed by atoms with E-state index in [1.165, 1.54) is 19.1 Å². The third kappa shape index (κ3) is 6.36. The summed E-state index contributed by atoms with van der Waals surface area (Å²) < 4.78 is 5.27. The SMILES string of the molecule is CC(OC(=O)C(NC(=O)c1ccccc1Cl)C(C)C)C(=O)Nc1cc(Cl)ccc1Cl. The van der Waals surface area contributed by atoms with Crippen LogP contribution in [0.2, 0.25) is 15.1 Å². The quantitative estimate of drug-likeness (QED) is 0.558. The third-order valence-electron chi connectivity index (χ3n) is 4.17. The summed E-state index contributed by atoms with van der Waals surface area (Å²) in [7, 11) is 0. The normalized spacial score (nSPS) is 12.8. The number of benzene rings is 2. The zero-order valence-corrected chi connectivity index (χ0v) is 18.8. The summed E-state index contributed by atoms with van der Waals surface area (Å²) >= 11 is 18.0. The highest BCUT2D eigenvalue weighted by Gasteiger charge is 2.30. The number of hydrogen-bond acceptors (Lipinski definition) is 4. The van der Waals surface area contributed by atoms with Crippen LogP contribution in [-0.4, -0.2) is 29.9 Å². The van der Waals surface area contributed by atoms with E-state index in [2.05, 4.69) is 10.6 Å². The van der Waals surface area contributed by atoms with E-state index in [9.17, 15) is 14.4 Å². The summed E-state index contributed by atoms with van der Waals surface area (Å²) in [5, 5.41) is 6.12. The van der Waals surface area contributed by atoms with E-state index in [4.69, 9.17) is 39.5 Å². The molecule has 160 valence electrons. The standard InChI is InChI=1S/C21H21Cl3N2O4/c1-11(2)18(26-20(28)14-6-4-5-7-15(14)23)21(29)30-12(3)19(27)25-17-10-13(22)8-9-16(17)24/h4-12,18H,1-3H3,(H,25,27)(H,26,28). The van der Waals surface area contributed by atoms with Crippen LogP contribution < -0.4 is 10.6 Å². The van der Waals surface area contributed by atoms with E-state index in [1.807, 2.05) is 0 Å². The maximum absolute atomic E-state index is 12.6. The monoisotopic (exact) mass is 470 g/mol. The number of anilines is 1. The second kappa shape index (κ2) is 10.7. The van der Waals surface area contributed by atoms with Crippen LogP contribution in [-0.2, 0) is 14.3 Å². The zero-order valence-electron chi connectivity index (χ0n) is 16.5. The predicted octanol–water partition coefficient (Wildman–Crippen LogP) is 4.97. The minimum atomic E-state index is -1.13. The number of esters is 1. The second-order valence-electron chi connectivity index (χ2n) is 6.87. The minimum Gasteiger partial charge on any atom is -0.451 e. The lowest BCUT2D eigenvalue weighted by Crippen LogP contribution is -2.47. The molecule has 2 atom stereocenters. The fourth-order valence-corrected chi connectivity index (χ4v) is 3.05. The maximum Gasteiger partial charge on any atom is 0.329 e. The summed E-state index contributed by atoms with van der Waals surface area (Å²) in [5.41, 5.74) is 0.531. The second-order valence-corrected chi connectivity index (χ2v) is 8.12. The zero-order chi connectivity index (χ0) is 22.4. The van der Waals surface area contributed by atoms with E-state index in [0.717, 1.165) is 0 Å². The van der Waals surface area contributed by atoms with Gasteiger partial charge in [-0.3, -0.25) is 9.59 Å². The van der Waals surface area contributed by atoms with Crippen LogP contribution >= 0.6 is 34.8 Å². The van der Waals surface area contributed by atoms with Gasteiger partial charge in [0.25, 0.3) is 11.8 Å². The van der Waals surface area contributed by atoms with Gasteiger partial charge in [0.05, 0.1) is 21.3 Å².